The van der Waals surface area contributed by atoms with Gasteiger partial charge in [-0.05, 0) is 30.5 Å². The van der Waals surface area contributed by atoms with E-state index in [1.165, 1.54) is 7.11 Å². The van der Waals surface area contributed by atoms with Gasteiger partial charge in [-0.1, -0.05) is 6.07 Å². The van der Waals surface area contributed by atoms with Crippen LogP contribution in [-0.2, 0) is 6.42 Å². The minimum atomic E-state index is 0.148. The molecule has 3 nitrogen and oxygen atoms in total. The third-order valence-electron chi connectivity index (χ3n) is 1.87. The summed E-state index contributed by atoms with van der Waals surface area (Å²) in [5.74, 6) is 0.630. The molecule has 0 fully saturated rings. The summed E-state index contributed by atoms with van der Waals surface area (Å²) in [5.41, 5.74) is 1.06. The molecule has 0 aromatic heterocycles. The maximum absolute atomic E-state index is 9.29. The van der Waals surface area contributed by atoms with Crippen LogP contribution in [-0.4, -0.2) is 23.9 Å². The van der Waals surface area contributed by atoms with Crippen molar-refractivity contribution < 1.29 is 14.9 Å². The molecule has 72 valence electrons. The molecule has 0 saturated heterocycles. The van der Waals surface area contributed by atoms with Crippen LogP contribution in [0.3, 0.4) is 0 Å². The van der Waals surface area contributed by atoms with E-state index in [1.54, 1.807) is 12.1 Å². The normalized spacial score (nSPS) is 10.0. The number of methoxy groups -OCH3 is 1. The zero-order valence-electron chi connectivity index (χ0n) is 7.66. The Kier molecular flexibility index (Phi) is 3.58. The summed E-state index contributed by atoms with van der Waals surface area (Å²) >= 11 is 0. The lowest BCUT2D eigenvalue weighted by Crippen LogP contribution is -1.91. The predicted molar refractivity (Wildman–Crippen MR) is 50.1 cm³/mol. The average Bonchev–Trinajstić information content (AvgIpc) is 2.16. The van der Waals surface area contributed by atoms with Crippen molar-refractivity contribution in [3.63, 3.8) is 0 Å². The minimum absolute atomic E-state index is 0.148. The quantitative estimate of drug-likeness (QED) is 0.738. The predicted octanol–water partition coefficient (Wildman–Crippen LogP) is 1.33. The molecule has 1 rings (SSSR count). The van der Waals surface area contributed by atoms with Crippen LogP contribution in [0.4, 0.5) is 0 Å². The highest BCUT2D eigenvalue weighted by molar-refractivity contribution is 5.41. The fourth-order valence-corrected chi connectivity index (χ4v) is 1.16. The SMILES string of the molecule is COc1cc(CCCO)ccc1O. The van der Waals surface area contributed by atoms with Gasteiger partial charge in [0.15, 0.2) is 11.5 Å². The van der Waals surface area contributed by atoms with E-state index in [1.807, 2.05) is 6.07 Å². The number of aromatic hydroxyl groups is 1. The summed E-state index contributed by atoms with van der Waals surface area (Å²) in [6.07, 6.45) is 1.53. The van der Waals surface area contributed by atoms with Gasteiger partial charge in [0.1, 0.15) is 0 Å². The molecule has 0 amide bonds. The second kappa shape index (κ2) is 4.72. The molecule has 1 aromatic carbocycles. The van der Waals surface area contributed by atoms with Crippen LogP contribution in [0.5, 0.6) is 11.5 Å². The molecular weight excluding hydrogens is 168 g/mol. The molecule has 1 aromatic rings. The van der Waals surface area contributed by atoms with Gasteiger partial charge in [-0.15, -0.1) is 0 Å². The molecule has 0 aliphatic carbocycles. The lowest BCUT2D eigenvalue weighted by molar-refractivity contribution is 0.288. The molecule has 13 heavy (non-hydrogen) atoms. The van der Waals surface area contributed by atoms with Crippen molar-refractivity contribution in [1.29, 1.82) is 0 Å². The lowest BCUT2D eigenvalue weighted by atomic mass is 10.1. The van der Waals surface area contributed by atoms with Gasteiger partial charge in [0, 0.05) is 6.61 Å². The number of aryl methyl sites for hydroxylation is 1. The number of phenols is 1. The Morgan fingerprint density at radius 1 is 1.38 bits per heavy atom. The van der Waals surface area contributed by atoms with Gasteiger partial charge >= 0.3 is 0 Å². The van der Waals surface area contributed by atoms with E-state index in [0.29, 0.717) is 5.75 Å². The summed E-state index contributed by atoms with van der Waals surface area (Å²) in [7, 11) is 1.52. The van der Waals surface area contributed by atoms with Crippen LogP contribution in [0.2, 0.25) is 0 Å². The standard InChI is InChI=1S/C10H14O3/c1-13-10-7-8(3-2-6-11)4-5-9(10)12/h4-5,7,11-12H,2-3,6H2,1H3. The largest absolute Gasteiger partial charge is 0.504 e. The van der Waals surface area contributed by atoms with E-state index >= 15 is 0 Å². The molecule has 0 spiro atoms. The van der Waals surface area contributed by atoms with Gasteiger partial charge in [-0.2, -0.15) is 0 Å². The van der Waals surface area contributed by atoms with Gasteiger partial charge < -0.3 is 14.9 Å². The number of aliphatic hydroxyl groups is 1. The number of ether oxygens (including phenoxy) is 1. The zero-order chi connectivity index (χ0) is 9.68. The van der Waals surface area contributed by atoms with Crippen LogP contribution in [0.1, 0.15) is 12.0 Å². The van der Waals surface area contributed by atoms with Crippen molar-refractivity contribution >= 4 is 0 Å². The Hall–Kier alpha value is -1.22. The number of phenolic OH excluding ortho intramolecular Hbond substituents is 1. The molecule has 0 aliphatic rings. The smallest absolute Gasteiger partial charge is 0.160 e. The number of aliphatic hydroxyl groups excluding tert-OH is 1. The van der Waals surface area contributed by atoms with Crippen LogP contribution < -0.4 is 4.74 Å². The molecule has 0 saturated carbocycles. The van der Waals surface area contributed by atoms with E-state index in [-0.39, 0.29) is 12.4 Å². The second-order valence-corrected chi connectivity index (χ2v) is 2.83. The summed E-state index contributed by atoms with van der Waals surface area (Å²) in [6, 6.07) is 5.21. The van der Waals surface area contributed by atoms with Crippen molar-refractivity contribution in [2.45, 2.75) is 12.8 Å². The Morgan fingerprint density at radius 3 is 2.77 bits per heavy atom. The van der Waals surface area contributed by atoms with Crippen LogP contribution in [0.15, 0.2) is 18.2 Å². The van der Waals surface area contributed by atoms with E-state index in [2.05, 4.69) is 0 Å². The van der Waals surface area contributed by atoms with Crippen molar-refractivity contribution in [2.75, 3.05) is 13.7 Å². The van der Waals surface area contributed by atoms with Crippen molar-refractivity contribution in [1.82, 2.24) is 0 Å². The Morgan fingerprint density at radius 2 is 2.15 bits per heavy atom. The molecule has 2 N–H and O–H groups in total. The van der Waals surface area contributed by atoms with Gasteiger partial charge in [-0.3, -0.25) is 0 Å². The fraction of sp³-hybridized carbons (Fsp3) is 0.400. The minimum Gasteiger partial charge on any atom is -0.504 e. The molecule has 0 bridgehead atoms. The highest BCUT2D eigenvalue weighted by atomic mass is 16.5. The average molecular weight is 182 g/mol. The topological polar surface area (TPSA) is 49.7 Å². The Balaban J connectivity index is 2.74. The molecule has 3 heteroatoms. The number of rotatable bonds is 4. The van der Waals surface area contributed by atoms with Crippen molar-refractivity contribution in [3.05, 3.63) is 23.8 Å². The van der Waals surface area contributed by atoms with Gasteiger partial charge in [0.25, 0.3) is 0 Å². The first kappa shape index (κ1) is 9.86. The summed E-state index contributed by atoms with van der Waals surface area (Å²) in [5, 5.41) is 17.9. The van der Waals surface area contributed by atoms with E-state index in [9.17, 15) is 5.11 Å². The first-order chi connectivity index (χ1) is 6.27. The summed E-state index contributed by atoms with van der Waals surface area (Å²) in [6.45, 7) is 0.184. The highest BCUT2D eigenvalue weighted by Gasteiger charge is 2.01. The number of benzene rings is 1. The van der Waals surface area contributed by atoms with Gasteiger partial charge in [0.05, 0.1) is 7.11 Å². The van der Waals surface area contributed by atoms with Crippen LogP contribution in [0.25, 0.3) is 0 Å². The maximum Gasteiger partial charge on any atom is 0.160 e. The third kappa shape index (κ3) is 2.63. The summed E-state index contributed by atoms with van der Waals surface area (Å²) < 4.78 is 4.95. The van der Waals surface area contributed by atoms with E-state index in [0.717, 1.165) is 18.4 Å². The molecule has 0 heterocycles. The van der Waals surface area contributed by atoms with E-state index in [4.69, 9.17) is 9.84 Å². The highest BCUT2D eigenvalue weighted by Crippen LogP contribution is 2.26. The zero-order valence-corrected chi connectivity index (χ0v) is 7.66. The lowest BCUT2D eigenvalue weighted by Gasteiger charge is -2.05. The van der Waals surface area contributed by atoms with Crippen LogP contribution in [0, 0.1) is 0 Å². The molecule has 0 unspecified atom stereocenters. The van der Waals surface area contributed by atoms with Crippen molar-refractivity contribution in [2.24, 2.45) is 0 Å². The monoisotopic (exact) mass is 182 g/mol. The van der Waals surface area contributed by atoms with Gasteiger partial charge in [0.2, 0.25) is 0 Å². The number of hydrogen-bond donors (Lipinski definition) is 2. The Bertz CT molecular complexity index is 271. The maximum atomic E-state index is 9.29. The van der Waals surface area contributed by atoms with Gasteiger partial charge in [-0.25, -0.2) is 0 Å². The first-order valence-corrected chi connectivity index (χ1v) is 4.24. The first-order valence-electron chi connectivity index (χ1n) is 4.24. The van der Waals surface area contributed by atoms with Crippen LogP contribution >= 0.6 is 0 Å². The third-order valence-corrected chi connectivity index (χ3v) is 1.87. The molecule has 0 radical (unpaired) electrons. The Labute approximate surface area is 77.6 Å². The van der Waals surface area contributed by atoms with Crippen molar-refractivity contribution in [3.8, 4) is 11.5 Å². The number of hydrogen-bond acceptors (Lipinski definition) is 3. The second-order valence-electron chi connectivity index (χ2n) is 2.83. The van der Waals surface area contributed by atoms with E-state index < -0.39 is 0 Å². The summed E-state index contributed by atoms with van der Waals surface area (Å²) in [4.78, 5) is 0. The molecular formula is C10H14O3. The molecule has 0 atom stereocenters. The molecule has 0 aliphatic heterocycles. The fourth-order valence-electron chi connectivity index (χ4n) is 1.16.